The molecule has 0 N–H and O–H groups in total. The first kappa shape index (κ1) is 9.09. The van der Waals surface area contributed by atoms with E-state index in [0.717, 1.165) is 11.8 Å². The Bertz CT molecular complexity index is 148. The van der Waals surface area contributed by atoms with E-state index in [1.807, 2.05) is 0 Å². The summed E-state index contributed by atoms with van der Waals surface area (Å²) in [5.41, 5.74) is 0.981. The second-order valence-electron chi connectivity index (χ2n) is 5.79. The van der Waals surface area contributed by atoms with Crippen molar-refractivity contribution in [3.8, 4) is 0 Å². The normalized spacial score (nSPS) is 32.2. The third-order valence-corrected chi connectivity index (χ3v) is 3.97. The first-order chi connectivity index (χ1) is 4.77. The first-order valence-electron chi connectivity index (χ1n) is 4.77. The number of hydrogen-bond acceptors (Lipinski definition) is 0. The van der Waals surface area contributed by atoms with Crippen molar-refractivity contribution < 1.29 is 0 Å². The van der Waals surface area contributed by atoms with Crippen LogP contribution in [0.2, 0.25) is 0 Å². The van der Waals surface area contributed by atoms with Crippen LogP contribution in [0.5, 0.6) is 0 Å². The van der Waals surface area contributed by atoms with Gasteiger partial charge >= 0.3 is 0 Å². The number of rotatable bonds is 1. The highest BCUT2D eigenvalue weighted by molar-refractivity contribution is 4.99. The molecule has 0 spiro atoms. The van der Waals surface area contributed by atoms with Crippen LogP contribution in [0.4, 0.5) is 0 Å². The van der Waals surface area contributed by atoms with Crippen LogP contribution in [0.1, 0.15) is 48.0 Å². The zero-order valence-corrected chi connectivity index (χ0v) is 8.86. The zero-order chi connectivity index (χ0) is 8.86. The van der Waals surface area contributed by atoms with Gasteiger partial charge in [-0.25, -0.2) is 0 Å². The monoisotopic (exact) mass is 154 g/mol. The van der Waals surface area contributed by atoms with Crippen LogP contribution >= 0.6 is 0 Å². The van der Waals surface area contributed by atoms with Crippen LogP contribution < -0.4 is 0 Å². The molecule has 1 aliphatic rings. The summed E-state index contributed by atoms with van der Waals surface area (Å²) in [5.74, 6) is 1.95. The Labute approximate surface area is 71.4 Å². The molecular formula is C11H22. The van der Waals surface area contributed by atoms with Gasteiger partial charge in [-0.3, -0.25) is 0 Å². The van der Waals surface area contributed by atoms with Crippen molar-refractivity contribution in [3.05, 3.63) is 0 Å². The molecule has 0 radical (unpaired) electrons. The molecule has 1 fully saturated rings. The molecule has 1 saturated carbocycles. The van der Waals surface area contributed by atoms with E-state index in [9.17, 15) is 0 Å². The molecule has 0 aromatic rings. The van der Waals surface area contributed by atoms with Crippen molar-refractivity contribution in [1.82, 2.24) is 0 Å². The summed E-state index contributed by atoms with van der Waals surface area (Å²) in [5, 5.41) is 0. The zero-order valence-electron chi connectivity index (χ0n) is 8.86. The molecule has 0 aliphatic heterocycles. The molecule has 0 aromatic heterocycles. The van der Waals surface area contributed by atoms with E-state index in [1.165, 1.54) is 6.42 Å². The van der Waals surface area contributed by atoms with Gasteiger partial charge in [0.25, 0.3) is 0 Å². The van der Waals surface area contributed by atoms with E-state index >= 15 is 0 Å². The second-order valence-corrected chi connectivity index (χ2v) is 5.79. The van der Waals surface area contributed by atoms with Crippen LogP contribution in [-0.2, 0) is 0 Å². The van der Waals surface area contributed by atoms with Crippen molar-refractivity contribution >= 4 is 0 Å². The summed E-state index contributed by atoms with van der Waals surface area (Å²) in [6.45, 7) is 14.3. The molecule has 66 valence electrons. The van der Waals surface area contributed by atoms with Crippen molar-refractivity contribution in [2.24, 2.45) is 22.7 Å². The van der Waals surface area contributed by atoms with Gasteiger partial charge in [0.15, 0.2) is 0 Å². The lowest BCUT2D eigenvalue weighted by Gasteiger charge is -2.39. The maximum Gasteiger partial charge on any atom is -0.0275 e. The topological polar surface area (TPSA) is 0 Å². The first-order valence-corrected chi connectivity index (χ1v) is 4.77. The average Bonchev–Trinajstić information content (AvgIpc) is 2.43. The quantitative estimate of drug-likeness (QED) is 0.540. The minimum Gasteiger partial charge on any atom is -0.0622 e. The van der Waals surface area contributed by atoms with Gasteiger partial charge in [-0.2, -0.15) is 0 Å². The SMILES string of the molecule is CC1CC1C(C)(C)C(C)(C)C. The molecule has 0 amide bonds. The highest BCUT2D eigenvalue weighted by atomic mass is 14.5. The van der Waals surface area contributed by atoms with Gasteiger partial charge in [-0.1, -0.05) is 41.5 Å². The van der Waals surface area contributed by atoms with E-state index in [-0.39, 0.29) is 0 Å². The Balaban J connectivity index is 2.67. The van der Waals surface area contributed by atoms with Crippen LogP contribution in [-0.4, -0.2) is 0 Å². The van der Waals surface area contributed by atoms with Crippen molar-refractivity contribution in [2.75, 3.05) is 0 Å². The van der Waals surface area contributed by atoms with E-state index < -0.39 is 0 Å². The fourth-order valence-corrected chi connectivity index (χ4v) is 1.88. The molecule has 0 nitrogen and oxygen atoms in total. The molecule has 2 unspecified atom stereocenters. The minimum absolute atomic E-state index is 0.461. The van der Waals surface area contributed by atoms with Gasteiger partial charge in [0.05, 0.1) is 0 Å². The summed E-state index contributed by atoms with van der Waals surface area (Å²) in [7, 11) is 0. The van der Waals surface area contributed by atoms with Gasteiger partial charge in [0, 0.05) is 0 Å². The number of hydrogen-bond donors (Lipinski definition) is 0. The van der Waals surface area contributed by atoms with Crippen LogP contribution in [0.3, 0.4) is 0 Å². The highest BCUT2D eigenvalue weighted by Gasteiger charge is 2.49. The summed E-state index contributed by atoms with van der Waals surface area (Å²) < 4.78 is 0. The highest BCUT2D eigenvalue weighted by Crippen LogP contribution is 2.57. The Morgan fingerprint density at radius 3 is 1.45 bits per heavy atom. The Morgan fingerprint density at radius 1 is 1.00 bits per heavy atom. The van der Waals surface area contributed by atoms with Gasteiger partial charge in [0.2, 0.25) is 0 Å². The molecule has 0 aromatic carbocycles. The maximum absolute atomic E-state index is 2.42. The van der Waals surface area contributed by atoms with E-state index in [0.29, 0.717) is 10.8 Å². The standard InChI is InChI=1S/C11H22/c1-8-7-9(8)11(5,6)10(2,3)4/h8-9H,7H2,1-6H3. The molecular weight excluding hydrogens is 132 g/mol. The fourth-order valence-electron chi connectivity index (χ4n) is 1.88. The molecule has 1 aliphatic carbocycles. The summed E-state index contributed by atoms with van der Waals surface area (Å²) in [4.78, 5) is 0. The minimum atomic E-state index is 0.461. The Morgan fingerprint density at radius 2 is 1.36 bits per heavy atom. The summed E-state index contributed by atoms with van der Waals surface area (Å²) >= 11 is 0. The molecule has 0 heterocycles. The Kier molecular flexibility index (Phi) is 1.85. The lowest BCUT2D eigenvalue weighted by atomic mass is 9.66. The summed E-state index contributed by atoms with van der Waals surface area (Å²) in [6.07, 6.45) is 1.45. The van der Waals surface area contributed by atoms with E-state index in [2.05, 4.69) is 41.5 Å². The van der Waals surface area contributed by atoms with Crippen molar-refractivity contribution in [3.63, 3.8) is 0 Å². The second kappa shape index (κ2) is 2.24. The van der Waals surface area contributed by atoms with Crippen molar-refractivity contribution in [2.45, 2.75) is 48.0 Å². The van der Waals surface area contributed by atoms with Gasteiger partial charge < -0.3 is 0 Å². The van der Waals surface area contributed by atoms with E-state index in [4.69, 9.17) is 0 Å². The van der Waals surface area contributed by atoms with Crippen LogP contribution in [0.15, 0.2) is 0 Å². The smallest absolute Gasteiger partial charge is 0.0275 e. The average molecular weight is 154 g/mol. The maximum atomic E-state index is 2.42. The molecule has 11 heavy (non-hydrogen) atoms. The third-order valence-electron chi connectivity index (χ3n) is 3.97. The van der Waals surface area contributed by atoms with Gasteiger partial charge in [-0.05, 0) is 29.1 Å². The summed E-state index contributed by atoms with van der Waals surface area (Å²) in [6, 6.07) is 0. The molecule has 0 heteroatoms. The largest absolute Gasteiger partial charge is 0.0622 e. The molecule has 1 rings (SSSR count). The van der Waals surface area contributed by atoms with Gasteiger partial charge in [0.1, 0.15) is 0 Å². The third kappa shape index (κ3) is 1.45. The lowest BCUT2D eigenvalue weighted by molar-refractivity contribution is 0.0971. The molecule has 0 saturated heterocycles. The van der Waals surface area contributed by atoms with Crippen LogP contribution in [0.25, 0.3) is 0 Å². The predicted octanol–water partition coefficient (Wildman–Crippen LogP) is 3.71. The predicted molar refractivity (Wildman–Crippen MR) is 50.5 cm³/mol. The molecule has 2 atom stereocenters. The van der Waals surface area contributed by atoms with Gasteiger partial charge in [-0.15, -0.1) is 0 Å². The van der Waals surface area contributed by atoms with E-state index in [1.54, 1.807) is 0 Å². The fraction of sp³-hybridized carbons (Fsp3) is 1.00. The lowest BCUT2D eigenvalue weighted by Crippen LogP contribution is -2.32. The molecule has 0 bridgehead atoms. The Hall–Kier alpha value is 0. The van der Waals surface area contributed by atoms with Crippen LogP contribution in [0, 0.1) is 22.7 Å². The van der Waals surface area contributed by atoms with Crippen molar-refractivity contribution in [1.29, 1.82) is 0 Å².